The van der Waals surface area contributed by atoms with Crippen molar-refractivity contribution in [2.45, 2.75) is 26.1 Å². The van der Waals surface area contributed by atoms with E-state index < -0.39 is 17.8 Å². The lowest BCUT2D eigenvalue weighted by Crippen LogP contribution is -2.51. The zero-order valence-corrected chi connectivity index (χ0v) is 10.8. The van der Waals surface area contributed by atoms with Gasteiger partial charge in [0.25, 0.3) is 0 Å². The molecule has 0 aromatic heterocycles. The van der Waals surface area contributed by atoms with E-state index in [0.29, 0.717) is 13.1 Å². The lowest BCUT2D eigenvalue weighted by atomic mass is 10.2. The largest absolute Gasteiger partial charge is 0.373 e. The summed E-state index contributed by atoms with van der Waals surface area (Å²) in [6, 6.07) is -0.559. The van der Waals surface area contributed by atoms with Crippen molar-refractivity contribution in [1.82, 2.24) is 14.7 Å². The summed E-state index contributed by atoms with van der Waals surface area (Å²) in [4.78, 5) is 38.5. The molecule has 0 bridgehead atoms. The molecule has 2 fully saturated rings. The zero-order valence-electron chi connectivity index (χ0n) is 10.8. The van der Waals surface area contributed by atoms with Crippen LogP contribution in [0.3, 0.4) is 0 Å². The SMILES string of the molecule is C[C@H]1CN(CN2C(=O)C(=O)N(C)C2=O)C[C@H](C)O1. The highest BCUT2D eigenvalue weighted by atomic mass is 16.5. The van der Waals surface area contributed by atoms with Crippen LogP contribution in [0.15, 0.2) is 0 Å². The van der Waals surface area contributed by atoms with Crippen molar-refractivity contribution in [3.05, 3.63) is 0 Å². The molecule has 2 rings (SSSR count). The van der Waals surface area contributed by atoms with Gasteiger partial charge in [0, 0.05) is 20.1 Å². The van der Waals surface area contributed by atoms with Gasteiger partial charge in [0.05, 0.1) is 18.9 Å². The number of nitrogens with zero attached hydrogens (tertiary/aromatic N) is 3. The number of rotatable bonds is 2. The lowest BCUT2D eigenvalue weighted by Gasteiger charge is -2.36. The quantitative estimate of drug-likeness (QED) is 0.490. The molecule has 0 radical (unpaired) electrons. The van der Waals surface area contributed by atoms with E-state index in [1.54, 1.807) is 0 Å². The van der Waals surface area contributed by atoms with Crippen LogP contribution in [-0.4, -0.2) is 71.6 Å². The molecule has 0 spiro atoms. The van der Waals surface area contributed by atoms with Crippen LogP contribution in [0.4, 0.5) is 4.79 Å². The van der Waals surface area contributed by atoms with Crippen molar-refractivity contribution in [1.29, 1.82) is 0 Å². The topological polar surface area (TPSA) is 70.2 Å². The number of hydrogen-bond acceptors (Lipinski definition) is 5. The fourth-order valence-corrected chi connectivity index (χ4v) is 2.34. The Morgan fingerprint density at radius 3 is 2.11 bits per heavy atom. The molecule has 100 valence electrons. The summed E-state index contributed by atoms with van der Waals surface area (Å²) < 4.78 is 5.57. The third-order valence-electron chi connectivity index (χ3n) is 3.09. The Kier molecular flexibility index (Phi) is 3.36. The molecule has 2 aliphatic heterocycles. The molecule has 18 heavy (non-hydrogen) atoms. The van der Waals surface area contributed by atoms with E-state index in [-0.39, 0.29) is 18.9 Å². The van der Waals surface area contributed by atoms with Crippen LogP contribution in [0, 0.1) is 0 Å². The second-order valence-corrected chi connectivity index (χ2v) is 4.81. The molecule has 0 N–H and O–H groups in total. The minimum atomic E-state index is -0.769. The number of amides is 4. The van der Waals surface area contributed by atoms with E-state index in [9.17, 15) is 14.4 Å². The highest BCUT2D eigenvalue weighted by molar-refractivity contribution is 6.44. The molecular weight excluding hydrogens is 238 g/mol. The monoisotopic (exact) mass is 255 g/mol. The molecular formula is C11H17N3O4. The molecule has 2 aliphatic rings. The molecule has 0 aliphatic carbocycles. The van der Waals surface area contributed by atoms with Crippen LogP contribution in [0.25, 0.3) is 0 Å². The Morgan fingerprint density at radius 2 is 1.67 bits per heavy atom. The number of ether oxygens (including phenoxy) is 1. The number of hydrogen-bond donors (Lipinski definition) is 0. The maximum atomic E-state index is 11.7. The lowest BCUT2D eigenvalue weighted by molar-refractivity contribution is -0.144. The minimum Gasteiger partial charge on any atom is -0.373 e. The van der Waals surface area contributed by atoms with Gasteiger partial charge in [-0.2, -0.15) is 0 Å². The molecule has 2 saturated heterocycles. The van der Waals surface area contributed by atoms with E-state index in [1.165, 1.54) is 7.05 Å². The smallest absolute Gasteiger partial charge is 0.335 e. The van der Waals surface area contributed by atoms with Gasteiger partial charge in [0.1, 0.15) is 0 Å². The second-order valence-electron chi connectivity index (χ2n) is 4.81. The number of morpholine rings is 1. The van der Waals surface area contributed by atoms with Crippen molar-refractivity contribution in [2.75, 3.05) is 26.8 Å². The second kappa shape index (κ2) is 4.66. The summed E-state index contributed by atoms with van der Waals surface area (Å²) in [5, 5.41) is 0. The maximum Gasteiger partial charge on any atom is 0.335 e. The van der Waals surface area contributed by atoms with Crippen LogP contribution in [0.1, 0.15) is 13.8 Å². The first-order valence-electron chi connectivity index (χ1n) is 5.91. The molecule has 0 saturated carbocycles. The van der Waals surface area contributed by atoms with Crippen molar-refractivity contribution in [3.63, 3.8) is 0 Å². The zero-order chi connectivity index (χ0) is 13.4. The van der Waals surface area contributed by atoms with Gasteiger partial charge < -0.3 is 4.74 Å². The average Bonchev–Trinajstić information content (AvgIpc) is 2.46. The van der Waals surface area contributed by atoms with E-state index in [1.807, 2.05) is 18.7 Å². The number of urea groups is 1. The summed E-state index contributed by atoms with van der Waals surface area (Å²) in [5.41, 5.74) is 0. The summed E-state index contributed by atoms with van der Waals surface area (Å²) in [6.07, 6.45) is 0.102. The van der Waals surface area contributed by atoms with E-state index in [4.69, 9.17) is 4.74 Å². The van der Waals surface area contributed by atoms with Crippen molar-refractivity contribution in [3.8, 4) is 0 Å². The average molecular weight is 255 g/mol. The fourth-order valence-electron chi connectivity index (χ4n) is 2.34. The van der Waals surface area contributed by atoms with Gasteiger partial charge in [0.2, 0.25) is 0 Å². The summed E-state index contributed by atoms with van der Waals surface area (Å²) >= 11 is 0. The van der Waals surface area contributed by atoms with E-state index in [0.717, 1.165) is 9.80 Å². The van der Waals surface area contributed by atoms with Gasteiger partial charge >= 0.3 is 17.8 Å². The molecule has 0 unspecified atom stereocenters. The molecule has 0 aromatic carbocycles. The molecule has 2 heterocycles. The Hall–Kier alpha value is -1.47. The van der Waals surface area contributed by atoms with Gasteiger partial charge in [0.15, 0.2) is 0 Å². The van der Waals surface area contributed by atoms with E-state index in [2.05, 4.69) is 0 Å². The van der Waals surface area contributed by atoms with Crippen LogP contribution >= 0.6 is 0 Å². The molecule has 2 atom stereocenters. The summed E-state index contributed by atoms with van der Waals surface area (Å²) in [7, 11) is 1.31. The molecule has 7 heteroatoms. The van der Waals surface area contributed by atoms with Gasteiger partial charge in [-0.25, -0.2) is 9.69 Å². The summed E-state index contributed by atoms with van der Waals surface area (Å²) in [5.74, 6) is -1.52. The standard InChI is InChI=1S/C11H17N3O4/c1-7-4-13(5-8(2)18-7)6-14-10(16)9(15)12(3)11(14)17/h7-8H,4-6H2,1-3H3/t7-,8-/m0/s1. The third kappa shape index (κ3) is 2.23. The highest BCUT2D eigenvalue weighted by Crippen LogP contribution is 2.15. The Bertz CT molecular complexity index is 388. The first-order chi connectivity index (χ1) is 8.40. The highest BCUT2D eigenvalue weighted by Gasteiger charge is 2.43. The van der Waals surface area contributed by atoms with Gasteiger partial charge in [-0.3, -0.25) is 19.4 Å². The fraction of sp³-hybridized carbons (Fsp3) is 0.727. The number of carbonyl (C=O) groups is 3. The van der Waals surface area contributed by atoms with Crippen LogP contribution < -0.4 is 0 Å². The Morgan fingerprint density at radius 1 is 1.11 bits per heavy atom. The van der Waals surface area contributed by atoms with E-state index >= 15 is 0 Å². The number of likely N-dealkylation sites (N-methyl/N-ethyl adjacent to an activating group) is 1. The Labute approximate surface area is 105 Å². The normalized spacial score (nSPS) is 30.5. The Balaban J connectivity index is 2.03. The predicted molar refractivity (Wildman–Crippen MR) is 61.5 cm³/mol. The van der Waals surface area contributed by atoms with Crippen molar-refractivity contribution >= 4 is 17.8 Å². The first-order valence-corrected chi connectivity index (χ1v) is 5.91. The van der Waals surface area contributed by atoms with Crippen molar-refractivity contribution < 1.29 is 19.1 Å². The molecule has 0 aromatic rings. The third-order valence-corrected chi connectivity index (χ3v) is 3.09. The predicted octanol–water partition coefficient (Wildman–Crippen LogP) is -0.526. The molecule has 4 amide bonds. The first kappa shape index (κ1) is 13.0. The van der Waals surface area contributed by atoms with Gasteiger partial charge in [-0.1, -0.05) is 0 Å². The van der Waals surface area contributed by atoms with Crippen LogP contribution in [0.2, 0.25) is 0 Å². The van der Waals surface area contributed by atoms with Gasteiger partial charge in [-0.05, 0) is 13.8 Å². The van der Waals surface area contributed by atoms with Crippen LogP contribution in [0.5, 0.6) is 0 Å². The molecule has 7 nitrogen and oxygen atoms in total. The number of imide groups is 2. The number of carbonyl (C=O) groups excluding carboxylic acids is 3. The maximum absolute atomic E-state index is 11.7. The summed E-state index contributed by atoms with van der Waals surface area (Å²) in [6.45, 7) is 5.30. The van der Waals surface area contributed by atoms with Crippen molar-refractivity contribution in [2.24, 2.45) is 0 Å². The van der Waals surface area contributed by atoms with Crippen LogP contribution in [-0.2, 0) is 14.3 Å². The van der Waals surface area contributed by atoms with Gasteiger partial charge in [-0.15, -0.1) is 0 Å². The minimum absolute atomic E-state index is 0.0509.